The van der Waals surface area contributed by atoms with Crippen LogP contribution in [0.15, 0.2) is 59.1 Å². The van der Waals surface area contributed by atoms with Gasteiger partial charge >= 0.3 is 0 Å². The quantitative estimate of drug-likeness (QED) is 0.346. The Morgan fingerprint density at radius 2 is 1.93 bits per heavy atom. The van der Waals surface area contributed by atoms with Crippen LogP contribution in [0.5, 0.6) is 5.75 Å². The first-order valence-corrected chi connectivity index (χ1v) is 10.9. The van der Waals surface area contributed by atoms with E-state index >= 15 is 0 Å². The molecular formula is C20H16ClFN4OS2. The third-order valence-electron chi connectivity index (χ3n) is 4.07. The average Bonchev–Trinajstić information content (AvgIpc) is 3.33. The highest BCUT2D eigenvalue weighted by Crippen LogP contribution is 2.27. The molecule has 0 bridgehead atoms. The molecule has 0 atom stereocenters. The van der Waals surface area contributed by atoms with Crippen molar-refractivity contribution in [3.05, 3.63) is 75.5 Å². The second-order valence-electron chi connectivity index (χ2n) is 6.11. The Labute approximate surface area is 180 Å². The van der Waals surface area contributed by atoms with E-state index in [4.69, 9.17) is 16.3 Å². The van der Waals surface area contributed by atoms with E-state index in [1.807, 2.05) is 24.6 Å². The molecule has 29 heavy (non-hydrogen) atoms. The van der Waals surface area contributed by atoms with Gasteiger partial charge in [-0.05, 0) is 36.4 Å². The van der Waals surface area contributed by atoms with Crippen molar-refractivity contribution >= 4 is 34.7 Å². The van der Waals surface area contributed by atoms with Crippen LogP contribution in [-0.4, -0.2) is 19.7 Å². The number of hydrogen-bond donors (Lipinski definition) is 0. The van der Waals surface area contributed by atoms with E-state index < -0.39 is 0 Å². The Balaban J connectivity index is 1.36. The van der Waals surface area contributed by atoms with Gasteiger partial charge in [0.2, 0.25) is 0 Å². The minimum Gasteiger partial charge on any atom is -0.486 e. The Kier molecular flexibility index (Phi) is 6.13. The fraction of sp³-hybridized carbons (Fsp3) is 0.150. The maximum absolute atomic E-state index is 14.0. The van der Waals surface area contributed by atoms with Gasteiger partial charge in [-0.25, -0.2) is 9.37 Å². The minimum absolute atomic E-state index is 0.315. The largest absolute Gasteiger partial charge is 0.486 e. The lowest BCUT2D eigenvalue weighted by Crippen LogP contribution is -1.97. The number of rotatable bonds is 7. The van der Waals surface area contributed by atoms with Crippen LogP contribution in [0.4, 0.5) is 4.39 Å². The number of thiazole rings is 1. The van der Waals surface area contributed by atoms with Crippen LogP contribution in [0.25, 0.3) is 11.4 Å². The maximum atomic E-state index is 14.0. The molecule has 148 valence electrons. The van der Waals surface area contributed by atoms with Crippen molar-refractivity contribution < 1.29 is 9.13 Å². The Hall–Kier alpha value is -2.42. The van der Waals surface area contributed by atoms with Gasteiger partial charge in [-0.3, -0.25) is 0 Å². The molecule has 4 rings (SSSR count). The smallest absolute Gasteiger partial charge is 0.191 e. The van der Waals surface area contributed by atoms with Gasteiger partial charge in [0.05, 0.1) is 11.3 Å². The number of thioether (sulfide) groups is 1. The van der Waals surface area contributed by atoms with Crippen LogP contribution in [0.3, 0.4) is 0 Å². The van der Waals surface area contributed by atoms with Gasteiger partial charge in [0.15, 0.2) is 11.0 Å². The zero-order valence-corrected chi connectivity index (χ0v) is 17.8. The number of benzene rings is 2. The summed E-state index contributed by atoms with van der Waals surface area (Å²) in [4.78, 5) is 4.60. The summed E-state index contributed by atoms with van der Waals surface area (Å²) in [6.45, 7) is 0.401. The van der Waals surface area contributed by atoms with Crippen molar-refractivity contribution in [1.29, 1.82) is 0 Å². The van der Waals surface area contributed by atoms with Gasteiger partial charge in [0, 0.05) is 23.2 Å². The predicted molar refractivity (Wildman–Crippen MR) is 114 cm³/mol. The molecule has 0 aliphatic rings. The standard InChI is InChI=1S/C20H16ClFN4OS2/c1-26-19(16-4-2-3-5-17(16)22)24-25-20(26)29-12-14-11-28-18(23-14)10-27-15-8-6-13(21)7-9-15/h2-9,11H,10,12H2,1H3. The van der Waals surface area contributed by atoms with Crippen LogP contribution in [0.1, 0.15) is 10.7 Å². The van der Waals surface area contributed by atoms with Crippen molar-refractivity contribution in [2.75, 3.05) is 0 Å². The molecule has 0 fully saturated rings. The molecule has 9 heteroatoms. The van der Waals surface area contributed by atoms with Crippen LogP contribution in [0.2, 0.25) is 5.02 Å². The Bertz CT molecular complexity index is 1110. The lowest BCUT2D eigenvalue weighted by Gasteiger charge is -2.04. The zero-order valence-electron chi connectivity index (χ0n) is 15.4. The Morgan fingerprint density at radius 1 is 1.14 bits per heavy atom. The van der Waals surface area contributed by atoms with Gasteiger partial charge in [-0.1, -0.05) is 35.5 Å². The van der Waals surface area contributed by atoms with Gasteiger partial charge in [-0.2, -0.15) is 0 Å². The monoisotopic (exact) mass is 446 g/mol. The summed E-state index contributed by atoms with van der Waals surface area (Å²) in [5.74, 6) is 1.58. The topological polar surface area (TPSA) is 52.8 Å². The number of halogens is 2. The summed E-state index contributed by atoms with van der Waals surface area (Å²) in [6.07, 6.45) is 0. The Morgan fingerprint density at radius 3 is 2.72 bits per heavy atom. The summed E-state index contributed by atoms with van der Waals surface area (Å²) in [5, 5.41) is 12.6. The van der Waals surface area contributed by atoms with Crippen LogP contribution in [-0.2, 0) is 19.4 Å². The molecule has 2 aromatic heterocycles. The van der Waals surface area contributed by atoms with E-state index in [9.17, 15) is 4.39 Å². The van der Waals surface area contributed by atoms with Crippen molar-refractivity contribution in [2.45, 2.75) is 17.5 Å². The lowest BCUT2D eigenvalue weighted by atomic mass is 10.2. The second-order valence-corrected chi connectivity index (χ2v) is 8.43. The van der Waals surface area contributed by atoms with Crippen LogP contribution >= 0.6 is 34.7 Å². The van der Waals surface area contributed by atoms with Gasteiger partial charge in [0.1, 0.15) is 23.2 Å². The summed E-state index contributed by atoms with van der Waals surface area (Å²) < 4.78 is 21.5. The van der Waals surface area contributed by atoms with E-state index in [0.717, 1.165) is 16.5 Å². The first kappa shape index (κ1) is 19.9. The first-order chi connectivity index (χ1) is 14.1. The lowest BCUT2D eigenvalue weighted by molar-refractivity contribution is 0.305. The highest BCUT2D eigenvalue weighted by Gasteiger charge is 2.15. The third-order valence-corrected chi connectivity index (χ3v) is 6.25. The minimum atomic E-state index is -0.315. The molecule has 4 aromatic rings. The molecule has 2 heterocycles. The number of aromatic nitrogens is 4. The number of hydrogen-bond acceptors (Lipinski definition) is 6. The molecule has 0 radical (unpaired) electrons. The fourth-order valence-corrected chi connectivity index (χ4v) is 4.35. The van der Waals surface area contributed by atoms with E-state index in [0.29, 0.717) is 33.9 Å². The summed E-state index contributed by atoms with van der Waals surface area (Å²) in [5.41, 5.74) is 1.37. The van der Waals surface area contributed by atoms with Gasteiger partial charge < -0.3 is 9.30 Å². The predicted octanol–water partition coefficient (Wildman–Crippen LogP) is 5.60. The number of ether oxygens (including phenoxy) is 1. The molecule has 0 N–H and O–H groups in total. The number of nitrogens with zero attached hydrogens (tertiary/aromatic N) is 4. The van der Waals surface area contributed by atoms with Crippen molar-refractivity contribution in [2.24, 2.45) is 7.05 Å². The van der Waals surface area contributed by atoms with Crippen LogP contribution in [0, 0.1) is 5.82 Å². The van der Waals surface area contributed by atoms with E-state index in [1.165, 1.54) is 17.8 Å². The SMILES string of the molecule is Cn1c(SCc2csc(COc3ccc(Cl)cc3)n2)nnc1-c1ccccc1F. The molecular weight excluding hydrogens is 431 g/mol. The molecule has 0 amide bonds. The van der Waals surface area contributed by atoms with E-state index in [1.54, 1.807) is 46.2 Å². The normalized spacial score (nSPS) is 11.0. The second kappa shape index (κ2) is 8.94. The van der Waals surface area contributed by atoms with Crippen LogP contribution < -0.4 is 4.74 Å². The molecule has 5 nitrogen and oxygen atoms in total. The van der Waals surface area contributed by atoms with Gasteiger partial charge in [-0.15, -0.1) is 21.5 Å². The molecule has 0 unspecified atom stereocenters. The highest BCUT2D eigenvalue weighted by molar-refractivity contribution is 7.98. The molecule has 0 saturated carbocycles. The fourth-order valence-electron chi connectivity index (χ4n) is 2.61. The summed E-state index contributed by atoms with van der Waals surface area (Å²) >= 11 is 8.93. The average molecular weight is 447 g/mol. The molecule has 0 saturated heterocycles. The van der Waals surface area contributed by atoms with Crippen molar-refractivity contribution in [1.82, 2.24) is 19.7 Å². The highest BCUT2D eigenvalue weighted by atomic mass is 35.5. The van der Waals surface area contributed by atoms with Gasteiger partial charge in [0.25, 0.3) is 0 Å². The molecule has 0 aliphatic carbocycles. The third kappa shape index (κ3) is 4.77. The van der Waals surface area contributed by atoms with Crippen molar-refractivity contribution in [3.8, 4) is 17.1 Å². The maximum Gasteiger partial charge on any atom is 0.191 e. The molecule has 2 aromatic carbocycles. The zero-order chi connectivity index (χ0) is 20.2. The van der Waals surface area contributed by atoms with Crippen molar-refractivity contribution in [3.63, 3.8) is 0 Å². The first-order valence-electron chi connectivity index (χ1n) is 8.69. The molecule has 0 aliphatic heterocycles. The van der Waals surface area contributed by atoms with E-state index in [-0.39, 0.29) is 5.82 Å². The summed E-state index contributed by atoms with van der Waals surface area (Å²) in [7, 11) is 1.83. The summed E-state index contributed by atoms with van der Waals surface area (Å²) in [6, 6.07) is 13.8. The molecule has 0 spiro atoms. The van der Waals surface area contributed by atoms with E-state index in [2.05, 4.69) is 15.2 Å².